The Balaban J connectivity index is 1.71. The van der Waals surface area contributed by atoms with E-state index in [0.717, 1.165) is 32.0 Å². The van der Waals surface area contributed by atoms with Crippen LogP contribution in [0.2, 0.25) is 0 Å². The van der Waals surface area contributed by atoms with Crippen molar-refractivity contribution >= 4 is 5.69 Å². The Morgan fingerprint density at radius 3 is 2.60 bits per heavy atom. The second-order valence-corrected chi connectivity index (χ2v) is 5.77. The summed E-state index contributed by atoms with van der Waals surface area (Å²) < 4.78 is 38.3. The van der Waals surface area contributed by atoms with E-state index in [9.17, 15) is 13.2 Å². The molecule has 0 aromatic heterocycles. The van der Waals surface area contributed by atoms with Crippen LogP contribution in [0.1, 0.15) is 31.2 Å². The SMILES string of the molecule is FC(F)(F)c1cccc(N2CCCC(NC3CC3)C2)c1. The molecule has 1 saturated carbocycles. The van der Waals surface area contributed by atoms with Crippen molar-refractivity contribution in [1.29, 1.82) is 0 Å². The summed E-state index contributed by atoms with van der Waals surface area (Å²) in [5.41, 5.74) is 0.120. The van der Waals surface area contributed by atoms with Crippen LogP contribution in [0.25, 0.3) is 0 Å². The monoisotopic (exact) mass is 284 g/mol. The number of piperidine rings is 1. The molecule has 1 aliphatic carbocycles. The largest absolute Gasteiger partial charge is 0.416 e. The van der Waals surface area contributed by atoms with Gasteiger partial charge in [0.1, 0.15) is 0 Å². The minimum atomic E-state index is -4.27. The first-order valence-electron chi connectivity index (χ1n) is 7.20. The first kappa shape index (κ1) is 13.7. The lowest BCUT2D eigenvalue weighted by Crippen LogP contribution is -2.46. The lowest BCUT2D eigenvalue weighted by molar-refractivity contribution is -0.137. The number of hydrogen-bond acceptors (Lipinski definition) is 2. The van der Waals surface area contributed by atoms with Crippen LogP contribution in [0.15, 0.2) is 24.3 Å². The fourth-order valence-electron chi connectivity index (χ4n) is 2.81. The summed E-state index contributed by atoms with van der Waals surface area (Å²) in [6.45, 7) is 1.64. The van der Waals surface area contributed by atoms with Gasteiger partial charge in [-0.3, -0.25) is 0 Å². The van der Waals surface area contributed by atoms with Gasteiger partial charge in [0.25, 0.3) is 0 Å². The molecule has 3 rings (SSSR count). The van der Waals surface area contributed by atoms with Crippen LogP contribution in [-0.2, 0) is 6.18 Å². The van der Waals surface area contributed by atoms with E-state index in [1.54, 1.807) is 6.07 Å². The summed E-state index contributed by atoms with van der Waals surface area (Å²) in [7, 11) is 0. The topological polar surface area (TPSA) is 15.3 Å². The third-order valence-corrected chi connectivity index (χ3v) is 4.01. The van der Waals surface area contributed by atoms with Crippen molar-refractivity contribution in [3.8, 4) is 0 Å². The number of nitrogens with one attached hydrogen (secondary N) is 1. The minimum absolute atomic E-state index is 0.408. The molecule has 0 spiro atoms. The Bertz CT molecular complexity index is 468. The Labute approximate surface area is 117 Å². The molecule has 2 aliphatic rings. The molecule has 1 aromatic rings. The summed E-state index contributed by atoms with van der Waals surface area (Å²) in [5, 5.41) is 3.57. The number of hydrogen-bond donors (Lipinski definition) is 1. The Hall–Kier alpha value is -1.23. The third kappa shape index (κ3) is 3.26. The zero-order chi connectivity index (χ0) is 14.2. The highest BCUT2D eigenvalue weighted by atomic mass is 19.4. The zero-order valence-electron chi connectivity index (χ0n) is 11.3. The van der Waals surface area contributed by atoms with Crippen molar-refractivity contribution in [1.82, 2.24) is 5.32 Å². The molecule has 0 radical (unpaired) electrons. The van der Waals surface area contributed by atoms with Gasteiger partial charge in [0, 0.05) is 30.9 Å². The Kier molecular flexibility index (Phi) is 3.63. The molecule has 0 bridgehead atoms. The van der Waals surface area contributed by atoms with E-state index in [-0.39, 0.29) is 0 Å². The van der Waals surface area contributed by atoms with Crippen LogP contribution in [0.4, 0.5) is 18.9 Å². The van der Waals surface area contributed by atoms with Crippen molar-refractivity contribution < 1.29 is 13.2 Å². The van der Waals surface area contributed by atoms with Crippen LogP contribution in [-0.4, -0.2) is 25.2 Å². The first-order valence-corrected chi connectivity index (χ1v) is 7.20. The molecular weight excluding hydrogens is 265 g/mol. The number of halogens is 3. The van der Waals surface area contributed by atoms with Crippen molar-refractivity contribution in [2.75, 3.05) is 18.0 Å². The van der Waals surface area contributed by atoms with E-state index in [4.69, 9.17) is 0 Å². The van der Waals surface area contributed by atoms with Gasteiger partial charge in [0.2, 0.25) is 0 Å². The molecule has 2 fully saturated rings. The summed E-state index contributed by atoms with van der Waals surface area (Å²) in [6.07, 6.45) is 0.351. The molecule has 1 aromatic carbocycles. The molecule has 0 amide bonds. The predicted molar refractivity (Wildman–Crippen MR) is 72.8 cm³/mol. The number of nitrogens with zero attached hydrogens (tertiary/aromatic N) is 1. The van der Waals surface area contributed by atoms with E-state index in [1.165, 1.54) is 25.0 Å². The lowest BCUT2D eigenvalue weighted by Gasteiger charge is -2.35. The maximum absolute atomic E-state index is 12.8. The quantitative estimate of drug-likeness (QED) is 0.915. The summed E-state index contributed by atoms with van der Waals surface area (Å²) in [6, 6.07) is 6.71. The maximum Gasteiger partial charge on any atom is 0.416 e. The van der Waals surface area contributed by atoms with E-state index < -0.39 is 11.7 Å². The average Bonchev–Trinajstić information content (AvgIpc) is 3.22. The van der Waals surface area contributed by atoms with Gasteiger partial charge in [0.05, 0.1) is 5.56 Å². The molecule has 1 atom stereocenters. The molecule has 1 saturated heterocycles. The van der Waals surface area contributed by atoms with Gasteiger partial charge >= 0.3 is 6.18 Å². The molecule has 1 N–H and O–H groups in total. The van der Waals surface area contributed by atoms with E-state index in [0.29, 0.717) is 17.8 Å². The van der Waals surface area contributed by atoms with Gasteiger partial charge in [-0.1, -0.05) is 6.07 Å². The van der Waals surface area contributed by atoms with Gasteiger partial charge in [-0.05, 0) is 43.9 Å². The van der Waals surface area contributed by atoms with Crippen molar-refractivity contribution in [2.24, 2.45) is 0 Å². The van der Waals surface area contributed by atoms with Crippen molar-refractivity contribution in [3.63, 3.8) is 0 Å². The summed E-state index contributed by atoms with van der Waals surface area (Å²) in [5.74, 6) is 0. The molecule has 20 heavy (non-hydrogen) atoms. The van der Waals surface area contributed by atoms with Crippen LogP contribution in [0, 0.1) is 0 Å². The van der Waals surface area contributed by atoms with Crippen LogP contribution >= 0.6 is 0 Å². The van der Waals surface area contributed by atoms with E-state index in [2.05, 4.69) is 10.2 Å². The second kappa shape index (κ2) is 5.28. The van der Waals surface area contributed by atoms with Crippen molar-refractivity contribution in [3.05, 3.63) is 29.8 Å². The van der Waals surface area contributed by atoms with Gasteiger partial charge in [-0.2, -0.15) is 13.2 Å². The molecule has 1 aliphatic heterocycles. The molecule has 110 valence electrons. The zero-order valence-corrected chi connectivity index (χ0v) is 11.3. The second-order valence-electron chi connectivity index (χ2n) is 5.77. The molecule has 2 nitrogen and oxygen atoms in total. The molecule has 5 heteroatoms. The molecule has 1 unspecified atom stereocenters. The van der Waals surface area contributed by atoms with E-state index >= 15 is 0 Å². The molecular formula is C15H19F3N2. The van der Waals surface area contributed by atoms with Crippen LogP contribution in [0.3, 0.4) is 0 Å². The standard InChI is InChI=1S/C15H19F3N2/c16-15(17,18)11-3-1-5-14(9-11)20-8-2-4-13(10-20)19-12-6-7-12/h1,3,5,9,12-13,19H,2,4,6-8,10H2. The van der Waals surface area contributed by atoms with Crippen LogP contribution in [0.5, 0.6) is 0 Å². The van der Waals surface area contributed by atoms with Gasteiger partial charge in [-0.15, -0.1) is 0 Å². The van der Waals surface area contributed by atoms with E-state index in [1.807, 2.05) is 0 Å². The average molecular weight is 284 g/mol. The number of alkyl halides is 3. The highest BCUT2D eigenvalue weighted by Gasteiger charge is 2.32. The van der Waals surface area contributed by atoms with Crippen molar-refractivity contribution in [2.45, 2.75) is 43.9 Å². The number of rotatable bonds is 3. The van der Waals surface area contributed by atoms with Gasteiger partial charge in [0.15, 0.2) is 0 Å². The van der Waals surface area contributed by atoms with Gasteiger partial charge < -0.3 is 10.2 Å². The minimum Gasteiger partial charge on any atom is -0.370 e. The van der Waals surface area contributed by atoms with Gasteiger partial charge in [-0.25, -0.2) is 0 Å². The number of benzene rings is 1. The fraction of sp³-hybridized carbons (Fsp3) is 0.600. The van der Waals surface area contributed by atoms with Crippen LogP contribution < -0.4 is 10.2 Å². The molecule has 1 heterocycles. The highest BCUT2D eigenvalue weighted by Crippen LogP contribution is 2.32. The predicted octanol–water partition coefficient (Wildman–Crippen LogP) is 3.43. The highest BCUT2D eigenvalue weighted by molar-refractivity contribution is 5.49. The Morgan fingerprint density at radius 1 is 1.10 bits per heavy atom. The summed E-state index contributed by atoms with van der Waals surface area (Å²) >= 11 is 0. The fourth-order valence-corrected chi connectivity index (χ4v) is 2.81. The maximum atomic E-state index is 12.8. The third-order valence-electron chi connectivity index (χ3n) is 4.01. The summed E-state index contributed by atoms with van der Waals surface area (Å²) in [4.78, 5) is 2.07. The number of anilines is 1. The first-order chi connectivity index (χ1) is 9.52. The lowest BCUT2D eigenvalue weighted by atomic mass is 10.0. The Morgan fingerprint density at radius 2 is 1.90 bits per heavy atom. The normalized spacial score (nSPS) is 23.9. The smallest absolute Gasteiger partial charge is 0.370 e.